The van der Waals surface area contributed by atoms with Crippen molar-refractivity contribution in [2.45, 2.75) is 34.9 Å². The summed E-state index contributed by atoms with van der Waals surface area (Å²) < 4.78 is 1.90. The summed E-state index contributed by atoms with van der Waals surface area (Å²) in [6.45, 7) is 2.17. The van der Waals surface area contributed by atoms with Gasteiger partial charge in [-0.1, -0.05) is 48.2 Å². The van der Waals surface area contributed by atoms with Crippen LogP contribution in [0, 0.1) is 11.3 Å². The molecule has 0 aliphatic carbocycles. The number of benzene rings is 1. The summed E-state index contributed by atoms with van der Waals surface area (Å²) in [5.41, 5.74) is 1.28. The van der Waals surface area contributed by atoms with Gasteiger partial charge in [0.25, 0.3) is 0 Å². The van der Waals surface area contributed by atoms with Gasteiger partial charge in [-0.25, -0.2) is 0 Å². The summed E-state index contributed by atoms with van der Waals surface area (Å²) in [4.78, 5) is 11.9. The second-order valence-corrected chi connectivity index (χ2v) is 8.53. The van der Waals surface area contributed by atoms with Crippen molar-refractivity contribution < 1.29 is 4.79 Å². The highest BCUT2D eigenvalue weighted by Crippen LogP contribution is 2.29. The van der Waals surface area contributed by atoms with Gasteiger partial charge in [-0.3, -0.25) is 4.79 Å². The highest BCUT2D eigenvalue weighted by molar-refractivity contribution is 8.03. The first kappa shape index (κ1) is 18.8. The fourth-order valence-electron chi connectivity index (χ4n) is 1.70. The van der Waals surface area contributed by atoms with Crippen molar-refractivity contribution in [1.29, 1.82) is 5.26 Å². The summed E-state index contributed by atoms with van der Waals surface area (Å²) >= 11 is 4.88. The minimum absolute atomic E-state index is 0.0470. The smallest absolute Gasteiger partial charge is 0.225 e. The Kier molecular flexibility index (Phi) is 8.08. The molecule has 0 aliphatic heterocycles. The number of carbonyl (C=O) groups is 1. The minimum Gasteiger partial charge on any atom is -0.326 e. The lowest BCUT2D eigenvalue weighted by Gasteiger charge is -2.04. The number of carbonyl (C=O) groups excluding carboxylic acids is 1. The summed E-state index contributed by atoms with van der Waals surface area (Å²) in [6.07, 6.45) is 2.77. The average Bonchev–Trinajstić information content (AvgIpc) is 3.03. The van der Waals surface area contributed by atoms with Crippen molar-refractivity contribution in [2.75, 3.05) is 16.8 Å². The van der Waals surface area contributed by atoms with Crippen molar-refractivity contribution in [3.05, 3.63) is 29.8 Å². The first-order valence-corrected chi connectivity index (χ1v) is 10.4. The Bertz CT molecular complexity index is 694. The molecule has 0 atom stereocenters. The molecular formula is C16H18N4OS3. The molecule has 0 radical (unpaired) electrons. The first-order chi connectivity index (χ1) is 11.7. The van der Waals surface area contributed by atoms with Crippen LogP contribution in [0.4, 0.5) is 5.69 Å². The van der Waals surface area contributed by atoms with E-state index in [0.29, 0.717) is 23.4 Å². The molecule has 1 heterocycles. The number of hydrogen-bond donors (Lipinski definition) is 1. The Morgan fingerprint density at radius 3 is 2.50 bits per heavy atom. The van der Waals surface area contributed by atoms with Crippen LogP contribution in [0.3, 0.4) is 0 Å². The average molecular weight is 379 g/mol. The molecule has 1 aromatic heterocycles. The third kappa shape index (κ3) is 6.51. The van der Waals surface area contributed by atoms with Crippen LogP contribution in [-0.2, 0) is 4.79 Å². The lowest BCUT2D eigenvalue weighted by atomic mass is 10.2. The zero-order valence-corrected chi connectivity index (χ0v) is 15.8. The molecule has 0 unspecified atom stereocenters. The lowest BCUT2D eigenvalue weighted by Crippen LogP contribution is -2.12. The van der Waals surface area contributed by atoms with Crippen LogP contribution in [0.2, 0.25) is 0 Å². The topological polar surface area (TPSA) is 78.7 Å². The Morgan fingerprint density at radius 1 is 1.21 bits per heavy atom. The van der Waals surface area contributed by atoms with E-state index in [9.17, 15) is 4.79 Å². The highest BCUT2D eigenvalue weighted by Gasteiger charge is 2.07. The lowest BCUT2D eigenvalue weighted by molar-refractivity contribution is -0.115. The van der Waals surface area contributed by atoms with Crippen molar-refractivity contribution in [2.24, 2.45) is 0 Å². The second-order valence-electron chi connectivity index (χ2n) is 4.87. The number of unbranched alkanes of at least 4 members (excludes halogenated alkanes) is 1. The van der Waals surface area contributed by atoms with Crippen LogP contribution < -0.4 is 5.32 Å². The van der Waals surface area contributed by atoms with E-state index in [1.165, 1.54) is 12.8 Å². The Balaban J connectivity index is 1.69. The normalized spacial score (nSPS) is 10.3. The van der Waals surface area contributed by atoms with E-state index in [1.807, 2.05) is 6.07 Å². The molecule has 24 heavy (non-hydrogen) atoms. The molecule has 2 rings (SSSR count). The molecule has 0 bridgehead atoms. The highest BCUT2D eigenvalue weighted by atomic mass is 32.2. The summed E-state index contributed by atoms with van der Waals surface area (Å²) in [7, 11) is 0. The number of nitrogens with one attached hydrogen (secondary N) is 1. The molecule has 0 saturated heterocycles. The van der Waals surface area contributed by atoms with E-state index >= 15 is 0 Å². The van der Waals surface area contributed by atoms with E-state index in [0.717, 1.165) is 14.4 Å². The third-order valence-corrected chi connectivity index (χ3v) is 6.24. The fraction of sp³-hybridized carbons (Fsp3) is 0.375. The van der Waals surface area contributed by atoms with E-state index in [4.69, 9.17) is 5.26 Å². The zero-order valence-electron chi connectivity index (χ0n) is 13.3. The van der Waals surface area contributed by atoms with Gasteiger partial charge in [0.05, 0.1) is 11.6 Å². The van der Waals surface area contributed by atoms with Gasteiger partial charge in [0, 0.05) is 23.6 Å². The van der Waals surface area contributed by atoms with Crippen LogP contribution in [0.25, 0.3) is 0 Å². The van der Waals surface area contributed by atoms with Crippen LogP contribution in [0.5, 0.6) is 0 Å². The van der Waals surface area contributed by atoms with E-state index < -0.39 is 0 Å². The molecule has 1 aromatic carbocycles. The molecule has 8 heteroatoms. The molecule has 126 valence electrons. The van der Waals surface area contributed by atoms with Gasteiger partial charge >= 0.3 is 0 Å². The maximum atomic E-state index is 11.9. The third-order valence-electron chi connectivity index (χ3n) is 2.96. The fourth-order valence-corrected chi connectivity index (χ4v) is 4.88. The summed E-state index contributed by atoms with van der Waals surface area (Å²) in [6, 6.07) is 8.88. The molecule has 1 N–H and O–H groups in total. The largest absolute Gasteiger partial charge is 0.326 e. The second kappa shape index (κ2) is 10.3. The minimum atomic E-state index is -0.0470. The number of anilines is 1. The van der Waals surface area contributed by atoms with Crippen LogP contribution in [0.1, 0.15) is 31.7 Å². The maximum Gasteiger partial charge on any atom is 0.225 e. The van der Waals surface area contributed by atoms with E-state index in [2.05, 4.69) is 22.4 Å². The van der Waals surface area contributed by atoms with Gasteiger partial charge in [-0.2, -0.15) is 5.26 Å². The Hall–Kier alpha value is -1.56. The predicted molar refractivity (Wildman–Crippen MR) is 101 cm³/mol. The number of rotatable bonds is 9. The number of nitrogens with zero attached hydrogens (tertiary/aromatic N) is 3. The molecule has 0 saturated carbocycles. The van der Waals surface area contributed by atoms with Gasteiger partial charge in [-0.15, -0.1) is 10.2 Å². The van der Waals surface area contributed by atoms with Gasteiger partial charge in [0.15, 0.2) is 8.68 Å². The maximum absolute atomic E-state index is 11.9. The monoisotopic (exact) mass is 378 g/mol. The number of amides is 1. The van der Waals surface area contributed by atoms with Crippen LogP contribution in [0.15, 0.2) is 32.9 Å². The molecule has 5 nitrogen and oxygen atoms in total. The number of nitriles is 1. The standard InChI is InChI=1S/C16H18N4OS3/c1-2-3-9-22-15-19-20-16(24-15)23-10-8-14(21)18-13-6-4-12(11-17)5-7-13/h4-7H,2-3,8-10H2,1H3,(H,18,21). The van der Waals surface area contributed by atoms with Crippen molar-refractivity contribution in [1.82, 2.24) is 10.2 Å². The number of hydrogen-bond acceptors (Lipinski definition) is 7. The van der Waals surface area contributed by atoms with Crippen molar-refractivity contribution >= 4 is 46.5 Å². The quantitative estimate of drug-likeness (QED) is 0.514. The molecule has 0 spiro atoms. The van der Waals surface area contributed by atoms with Gasteiger partial charge in [-0.05, 0) is 30.7 Å². The molecule has 2 aromatic rings. The number of thioether (sulfide) groups is 2. The van der Waals surface area contributed by atoms with E-state index in [-0.39, 0.29) is 5.91 Å². The molecule has 1 amide bonds. The van der Waals surface area contributed by atoms with Crippen LogP contribution >= 0.6 is 34.9 Å². The number of aromatic nitrogens is 2. The van der Waals surface area contributed by atoms with Gasteiger partial charge in [0.1, 0.15) is 0 Å². The van der Waals surface area contributed by atoms with Gasteiger partial charge < -0.3 is 5.32 Å². The Morgan fingerprint density at radius 2 is 1.88 bits per heavy atom. The molecule has 0 aliphatic rings. The van der Waals surface area contributed by atoms with Gasteiger partial charge in [0.2, 0.25) is 5.91 Å². The molecule has 0 fully saturated rings. The predicted octanol–water partition coefficient (Wildman–Crippen LogP) is 4.42. The first-order valence-electron chi connectivity index (χ1n) is 7.60. The summed E-state index contributed by atoms with van der Waals surface area (Å²) in [5.74, 6) is 1.69. The van der Waals surface area contributed by atoms with Crippen molar-refractivity contribution in [3.63, 3.8) is 0 Å². The summed E-state index contributed by atoms with van der Waals surface area (Å²) in [5, 5.41) is 19.9. The van der Waals surface area contributed by atoms with Crippen molar-refractivity contribution in [3.8, 4) is 6.07 Å². The molecular weight excluding hydrogens is 360 g/mol. The Labute approximate surface area is 154 Å². The zero-order chi connectivity index (χ0) is 17.2. The van der Waals surface area contributed by atoms with Crippen LogP contribution in [-0.4, -0.2) is 27.6 Å². The van der Waals surface area contributed by atoms with E-state index in [1.54, 1.807) is 59.1 Å². The SMILES string of the molecule is CCCCSc1nnc(SCCC(=O)Nc2ccc(C#N)cc2)s1.